The summed E-state index contributed by atoms with van der Waals surface area (Å²) in [6.45, 7) is 4.46. The van der Waals surface area contributed by atoms with E-state index in [1.165, 1.54) is 32.1 Å². The molecule has 110 valence electrons. The summed E-state index contributed by atoms with van der Waals surface area (Å²) in [7, 11) is 0. The summed E-state index contributed by atoms with van der Waals surface area (Å²) in [6.07, 6.45) is 7.04. The molecular formula is C16H24ClN3. The number of nitrogens with two attached hydrogens (primary N) is 1. The van der Waals surface area contributed by atoms with Gasteiger partial charge in [0, 0.05) is 37.2 Å². The lowest BCUT2D eigenvalue weighted by Crippen LogP contribution is -2.51. The Hall–Kier alpha value is -0.930. The minimum absolute atomic E-state index is 0.715. The van der Waals surface area contributed by atoms with E-state index in [1.54, 1.807) is 0 Å². The Bertz CT molecular complexity index is 449. The lowest BCUT2D eigenvalue weighted by Gasteiger charge is -2.41. The highest BCUT2D eigenvalue weighted by atomic mass is 35.5. The molecule has 3 nitrogen and oxygen atoms in total. The molecule has 0 atom stereocenters. The van der Waals surface area contributed by atoms with E-state index in [1.807, 2.05) is 18.2 Å². The van der Waals surface area contributed by atoms with Gasteiger partial charge in [0.25, 0.3) is 0 Å². The van der Waals surface area contributed by atoms with E-state index >= 15 is 0 Å². The van der Waals surface area contributed by atoms with E-state index in [9.17, 15) is 0 Å². The molecule has 1 aromatic rings. The van der Waals surface area contributed by atoms with E-state index < -0.39 is 0 Å². The first-order valence-corrected chi connectivity index (χ1v) is 8.16. The zero-order valence-electron chi connectivity index (χ0n) is 12.0. The topological polar surface area (TPSA) is 32.5 Å². The first-order chi connectivity index (χ1) is 9.74. The summed E-state index contributed by atoms with van der Waals surface area (Å²) >= 11 is 5.97. The molecule has 2 N–H and O–H groups in total. The van der Waals surface area contributed by atoms with Gasteiger partial charge in [-0.1, -0.05) is 30.9 Å². The van der Waals surface area contributed by atoms with Crippen molar-refractivity contribution in [1.82, 2.24) is 4.90 Å². The maximum absolute atomic E-state index is 6.09. The average Bonchev–Trinajstić information content (AvgIpc) is 2.48. The van der Waals surface area contributed by atoms with Crippen LogP contribution in [0.2, 0.25) is 5.02 Å². The van der Waals surface area contributed by atoms with Crippen molar-refractivity contribution in [1.29, 1.82) is 0 Å². The molecule has 3 rings (SSSR count). The van der Waals surface area contributed by atoms with Crippen LogP contribution in [0.4, 0.5) is 11.4 Å². The first-order valence-electron chi connectivity index (χ1n) is 7.78. The number of hydrogen-bond acceptors (Lipinski definition) is 3. The molecule has 1 aromatic carbocycles. The summed E-state index contributed by atoms with van der Waals surface area (Å²) in [5.41, 5.74) is 8.02. The van der Waals surface area contributed by atoms with Crippen molar-refractivity contribution in [2.45, 2.75) is 38.1 Å². The van der Waals surface area contributed by atoms with Gasteiger partial charge < -0.3 is 10.6 Å². The van der Waals surface area contributed by atoms with Crippen LogP contribution in [-0.4, -0.2) is 37.1 Å². The van der Waals surface area contributed by atoms with Gasteiger partial charge in [0.2, 0.25) is 0 Å². The summed E-state index contributed by atoms with van der Waals surface area (Å²) in [5, 5.41) is 0.715. The number of nitrogens with zero attached hydrogens (tertiary/aromatic N) is 2. The number of hydrogen-bond donors (Lipinski definition) is 1. The van der Waals surface area contributed by atoms with Gasteiger partial charge in [0.1, 0.15) is 0 Å². The Morgan fingerprint density at radius 3 is 2.35 bits per heavy atom. The Kier molecular flexibility index (Phi) is 4.37. The fourth-order valence-electron chi connectivity index (χ4n) is 3.59. The van der Waals surface area contributed by atoms with Crippen LogP contribution in [0.1, 0.15) is 32.1 Å². The second-order valence-electron chi connectivity index (χ2n) is 6.02. The molecule has 1 heterocycles. The van der Waals surface area contributed by atoms with Crippen molar-refractivity contribution in [3.05, 3.63) is 23.2 Å². The number of rotatable bonds is 2. The van der Waals surface area contributed by atoms with Gasteiger partial charge in [-0.25, -0.2) is 0 Å². The predicted molar refractivity (Wildman–Crippen MR) is 86.5 cm³/mol. The standard InChI is InChI=1S/C16H24ClN3/c17-13-6-7-16(15(18)12-13)20-10-8-19(9-11-20)14-4-2-1-3-5-14/h6-7,12,14H,1-5,8-11,18H2. The third-order valence-electron chi connectivity index (χ3n) is 4.74. The zero-order chi connectivity index (χ0) is 13.9. The first kappa shape index (κ1) is 14.0. The SMILES string of the molecule is Nc1cc(Cl)ccc1N1CCN(C2CCCCC2)CC1. The molecule has 1 aliphatic carbocycles. The van der Waals surface area contributed by atoms with Crippen LogP contribution in [0.15, 0.2) is 18.2 Å². The van der Waals surface area contributed by atoms with Gasteiger partial charge >= 0.3 is 0 Å². The number of nitrogen functional groups attached to an aromatic ring is 1. The average molecular weight is 294 g/mol. The molecule has 4 heteroatoms. The van der Waals surface area contributed by atoms with Crippen molar-refractivity contribution < 1.29 is 0 Å². The highest BCUT2D eigenvalue weighted by Crippen LogP contribution is 2.29. The molecule has 1 saturated carbocycles. The minimum Gasteiger partial charge on any atom is -0.397 e. The van der Waals surface area contributed by atoms with E-state index in [-0.39, 0.29) is 0 Å². The number of anilines is 2. The second-order valence-corrected chi connectivity index (χ2v) is 6.45. The van der Waals surface area contributed by atoms with Crippen LogP contribution in [0, 0.1) is 0 Å². The molecule has 0 amide bonds. The zero-order valence-corrected chi connectivity index (χ0v) is 12.8. The molecule has 0 unspecified atom stereocenters. The fourth-order valence-corrected chi connectivity index (χ4v) is 3.77. The van der Waals surface area contributed by atoms with Gasteiger partial charge in [0.15, 0.2) is 0 Å². The van der Waals surface area contributed by atoms with Crippen molar-refractivity contribution in [2.75, 3.05) is 36.8 Å². The number of piperazine rings is 1. The highest BCUT2D eigenvalue weighted by molar-refractivity contribution is 6.31. The molecule has 1 aliphatic heterocycles. The smallest absolute Gasteiger partial charge is 0.0601 e. The van der Waals surface area contributed by atoms with E-state index in [4.69, 9.17) is 17.3 Å². The van der Waals surface area contributed by atoms with Crippen molar-refractivity contribution in [3.8, 4) is 0 Å². The van der Waals surface area contributed by atoms with Crippen molar-refractivity contribution >= 4 is 23.0 Å². The van der Waals surface area contributed by atoms with Crippen LogP contribution < -0.4 is 10.6 Å². The Morgan fingerprint density at radius 1 is 1.00 bits per heavy atom. The Labute approximate surface area is 126 Å². The van der Waals surface area contributed by atoms with Gasteiger partial charge in [-0.05, 0) is 31.0 Å². The summed E-state index contributed by atoms with van der Waals surface area (Å²) in [5.74, 6) is 0. The molecule has 0 bridgehead atoms. The summed E-state index contributed by atoms with van der Waals surface area (Å²) < 4.78 is 0. The van der Waals surface area contributed by atoms with E-state index in [0.717, 1.165) is 43.6 Å². The summed E-state index contributed by atoms with van der Waals surface area (Å²) in [6, 6.07) is 6.66. The molecule has 2 aliphatic rings. The lowest BCUT2D eigenvalue weighted by molar-refractivity contribution is 0.148. The van der Waals surface area contributed by atoms with Crippen LogP contribution in [-0.2, 0) is 0 Å². The monoisotopic (exact) mass is 293 g/mol. The maximum Gasteiger partial charge on any atom is 0.0601 e. The lowest BCUT2D eigenvalue weighted by atomic mass is 9.94. The highest BCUT2D eigenvalue weighted by Gasteiger charge is 2.25. The normalized spacial score (nSPS) is 22.1. The third kappa shape index (κ3) is 3.04. The summed E-state index contributed by atoms with van der Waals surface area (Å²) in [4.78, 5) is 5.08. The van der Waals surface area contributed by atoms with Crippen molar-refractivity contribution in [2.24, 2.45) is 0 Å². The van der Waals surface area contributed by atoms with Crippen LogP contribution in [0.5, 0.6) is 0 Å². The van der Waals surface area contributed by atoms with Gasteiger partial charge in [0.05, 0.1) is 11.4 Å². The molecule has 0 aromatic heterocycles. The molecule has 1 saturated heterocycles. The number of benzene rings is 1. The molecule has 0 radical (unpaired) electrons. The molecular weight excluding hydrogens is 270 g/mol. The minimum atomic E-state index is 0.715. The van der Waals surface area contributed by atoms with Gasteiger partial charge in [-0.15, -0.1) is 0 Å². The molecule has 0 spiro atoms. The van der Waals surface area contributed by atoms with Crippen LogP contribution >= 0.6 is 11.6 Å². The van der Waals surface area contributed by atoms with Crippen LogP contribution in [0.25, 0.3) is 0 Å². The second kappa shape index (κ2) is 6.23. The van der Waals surface area contributed by atoms with Crippen LogP contribution in [0.3, 0.4) is 0 Å². The quantitative estimate of drug-likeness (QED) is 0.849. The van der Waals surface area contributed by atoms with Gasteiger partial charge in [-0.3, -0.25) is 4.90 Å². The van der Waals surface area contributed by atoms with Gasteiger partial charge in [-0.2, -0.15) is 0 Å². The molecule has 2 fully saturated rings. The maximum atomic E-state index is 6.09. The Balaban J connectivity index is 1.60. The van der Waals surface area contributed by atoms with E-state index in [0.29, 0.717) is 5.02 Å². The largest absolute Gasteiger partial charge is 0.397 e. The number of halogens is 1. The van der Waals surface area contributed by atoms with E-state index in [2.05, 4.69) is 9.80 Å². The molecule has 20 heavy (non-hydrogen) atoms. The third-order valence-corrected chi connectivity index (χ3v) is 4.97. The fraction of sp³-hybridized carbons (Fsp3) is 0.625. The Morgan fingerprint density at radius 2 is 1.70 bits per heavy atom. The van der Waals surface area contributed by atoms with Crippen molar-refractivity contribution in [3.63, 3.8) is 0 Å². The predicted octanol–water partition coefficient (Wildman–Crippen LogP) is 3.38.